The van der Waals surface area contributed by atoms with Gasteiger partial charge in [-0.3, -0.25) is 14.5 Å². The quantitative estimate of drug-likeness (QED) is 0.794. The van der Waals surface area contributed by atoms with E-state index in [1.807, 2.05) is 6.92 Å². The van der Waals surface area contributed by atoms with Gasteiger partial charge < -0.3 is 24.6 Å². The lowest BCUT2D eigenvalue weighted by Crippen LogP contribution is -2.47. The maximum atomic E-state index is 12.6. The van der Waals surface area contributed by atoms with Crippen molar-refractivity contribution in [2.45, 2.75) is 32.7 Å². The van der Waals surface area contributed by atoms with Gasteiger partial charge in [0.05, 0.1) is 6.04 Å². The molecule has 1 aromatic heterocycles. The molecule has 2 amide bonds. The zero-order valence-electron chi connectivity index (χ0n) is 16.4. The second-order valence-corrected chi connectivity index (χ2v) is 7.36. The zero-order chi connectivity index (χ0) is 20.4. The highest BCUT2D eigenvalue weighted by atomic mass is 16.7. The number of hydrogen-bond acceptors (Lipinski definition) is 7. The summed E-state index contributed by atoms with van der Waals surface area (Å²) in [5.74, 6) is 2.13. The van der Waals surface area contributed by atoms with Crippen LogP contribution in [0, 0.1) is 12.8 Å². The number of piperidine rings is 1. The fourth-order valence-corrected chi connectivity index (χ4v) is 3.59. The standard InChI is InChI=1S/C20H24N4O5/c1-12-9-18(23-29-12)22-19(25)13(2)24-7-5-14(6-8-24)20(26)21-15-3-4-16-17(10-15)28-11-27-16/h3-4,9-10,13-14H,5-8,11H2,1-2H3,(H,21,26)(H,22,23,25)/t13-/m1/s1. The van der Waals surface area contributed by atoms with E-state index in [1.165, 1.54) is 0 Å². The Labute approximate surface area is 168 Å². The van der Waals surface area contributed by atoms with Gasteiger partial charge in [0.25, 0.3) is 0 Å². The van der Waals surface area contributed by atoms with Crippen LogP contribution in [-0.4, -0.2) is 47.8 Å². The fourth-order valence-electron chi connectivity index (χ4n) is 3.59. The Balaban J connectivity index is 1.27. The van der Waals surface area contributed by atoms with Crippen LogP contribution < -0.4 is 20.1 Å². The molecule has 9 heteroatoms. The number of ether oxygens (including phenoxy) is 2. The third-order valence-corrected chi connectivity index (χ3v) is 5.35. The zero-order valence-corrected chi connectivity index (χ0v) is 16.4. The molecule has 0 bridgehead atoms. The van der Waals surface area contributed by atoms with Crippen LogP contribution >= 0.6 is 0 Å². The molecule has 1 atom stereocenters. The normalized spacial score (nSPS) is 17.7. The molecule has 0 unspecified atom stereocenters. The van der Waals surface area contributed by atoms with Gasteiger partial charge in [0.1, 0.15) is 5.76 Å². The van der Waals surface area contributed by atoms with Crippen molar-refractivity contribution in [3.05, 3.63) is 30.0 Å². The highest BCUT2D eigenvalue weighted by Crippen LogP contribution is 2.34. The van der Waals surface area contributed by atoms with Gasteiger partial charge >= 0.3 is 0 Å². The smallest absolute Gasteiger partial charge is 0.242 e. The number of carbonyl (C=O) groups excluding carboxylic acids is 2. The first-order valence-corrected chi connectivity index (χ1v) is 9.68. The highest BCUT2D eigenvalue weighted by molar-refractivity contribution is 5.94. The Bertz CT molecular complexity index is 904. The molecular formula is C20H24N4O5. The van der Waals surface area contributed by atoms with Crippen molar-refractivity contribution in [3.63, 3.8) is 0 Å². The summed E-state index contributed by atoms with van der Waals surface area (Å²) in [7, 11) is 0. The van der Waals surface area contributed by atoms with Crippen LogP contribution in [0.5, 0.6) is 11.5 Å². The van der Waals surface area contributed by atoms with Gasteiger partial charge in [0.2, 0.25) is 18.6 Å². The van der Waals surface area contributed by atoms with E-state index in [4.69, 9.17) is 14.0 Å². The van der Waals surface area contributed by atoms with Crippen LogP contribution in [0.1, 0.15) is 25.5 Å². The summed E-state index contributed by atoms with van der Waals surface area (Å²) in [5.41, 5.74) is 0.692. The molecule has 2 aliphatic rings. The minimum Gasteiger partial charge on any atom is -0.454 e. The summed E-state index contributed by atoms with van der Waals surface area (Å²) in [4.78, 5) is 27.1. The molecule has 9 nitrogen and oxygen atoms in total. The maximum Gasteiger partial charge on any atom is 0.242 e. The molecule has 2 N–H and O–H groups in total. The number of likely N-dealkylation sites (tertiary alicyclic amines) is 1. The van der Waals surface area contributed by atoms with Crippen molar-refractivity contribution in [1.82, 2.24) is 10.1 Å². The lowest BCUT2D eigenvalue weighted by atomic mass is 9.94. The third kappa shape index (κ3) is 4.34. The van der Waals surface area contributed by atoms with Crippen molar-refractivity contribution in [3.8, 4) is 11.5 Å². The fraction of sp³-hybridized carbons (Fsp3) is 0.450. The summed E-state index contributed by atoms with van der Waals surface area (Å²) >= 11 is 0. The molecule has 0 aliphatic carbocycles. The lowest BCUT2D eigenvalue weighted by Gasteiger charge is -2.34. The molecule has 0 saturated carbocycles. The molecule has 1 aromatic carbocycles. The van der Waals surface area contributed by atoms with E-state index in [9.17, 15) is 9.59 Å². The van der Waals surface area contributed by atoms with Crippen molar-refractivity contribution >= 4 is 23.3 Å². The Hall–Kier alpha value is -3.07. The van der Waals surface area contributed by atoms with Crippen molar-refractivity contribution in [2.24, 2.45) is 5.92 Å². The highest BCUT2D eigenvalue weighted by Gasteiger charge is 2.30. The van der Waals surface area contributed by atoms with E-state index in [2.05, 4.69) is 20.7 Å². The van der Waals surface area contributed by atoms with Gasteiger partial charge in [0, 0.05) is 23.7 Å². The average molecular weight is 400 g/mol. The first-order chi connectivity index (χ1) is 14.0. The average Bonchev–Trinajstić information content (AvgIpc) is 3.35. The first kappa shape index (κ1) is 19.3. The number of carbonyl (C=O) groups is 2. The number of aryl methyl sites for hydroxylation is 1. The number of benzene rings is 1. The number of anilines is 2. The van der Waals surface area contributed by atoms with Gasteiger partial charge in [-0.05, 0) is 51.9 Å². The number of nitrogens with one attached hydrogen (secondary N) is 2. The Morgan fingerprint density at radius 2 is 1.90 bits per heavy atom. The van der Waals surface area contributed by atoms with Gasteiger partial charge in [-0.2, -0.15) is 0 Å². The van der Waals surface area contributed by atoms with E-state index in [1.54, 1.807) is 31.2 Å². The molecule has 2 aliphatic heterocycles. The largest absolute Gasteiger partial charge is 0.454 e. The predicted molar refractivity (Wildman–Crippen MR) is 105 cm³/mol. The molecule has 154 valence electrons. The second kappa shape index (κ2) is 8.12. The van der Waals surface area contributed by atoms with E-state index in [-0.39, 0.29) is 30.6 Å². The van der Waals surface area contributed by atoms with Crippen LogP contribution in [0.2, 0.25) is 0 Å². The van der Waals surface area contributed by atoms with Gasteiger partial charge in [-0.1, -0.05) is 5.16 Å². The number of hydrogen-bond donors (Lipinski definition) is 2. The first-order valence-electron chi connectivity index (χ1n) is 9.68. The van der Waals surface area contributed by atoms with Crippen LogP contribution in [0.3, 0.4) is 0 Å². The summed E-state index contributed by atoms with van der Waals surface area (Å²) in [6, 6.07) is 6.73. The predicted octanol–water partition coefficient (Wildman–Crippen LogP) is 2.39. The second-order valence-electron chi connectivity index (χ2n) is 7.36. The molecular weight excluding hydrogens is 376 g/mol. The van der Waals surface area contributed by atoms with Crippen molar-refractivity contribution in [1.29, 1.82) is 0 Å². The van der Waals surface area contributed by atoms with E-state index in [0.29, 0.717) is 54.7 Å². The molecule has 3 heterocycles. The Kier molecular flexibility index (Phi) is 5.39. The Morgan fingerprint density at radius 1 is 1.14 bits per heavy atom. The molecule has 0 spiro atoms. The van der Waals surface area contributed by atoms with E-state index >= 15 is 0 Å². The molecule has 2 aromatic rings. The maximum absolute atomic E-state index is 12.6. The summed E-state index contributed by atoms with van der Waals surface area (Å²) in [5, 5.41) is 9.50. The number of rotatable bonds is 5. The molecule has 0 radical (unpaired) electrons. The summed E-state index contributed by atoms with van der Waals surface area (Å²) in [6.45, 7) is 5.17. The van der Waals surface area contributed by atoms with Crippen LogP contribution in [0.15, 0.2) is 28.8 Å². The van der Waals surface area contributed by atoms with Crippen LogP contribution in [0.4, 0.5) is 11.5 Å². The van der Waals surface area contributed by atoms with Crippen LogP contribution in [-0.2, 0) is 9.59 Å². The SMILES string of the molecule is Cc1cc(NC(=O)[C@@H](C)N2CCC(C(=O)Nc3ccc4c(c3)OCO4)CC2)no1. The Morgan fingerprint density at radius 3 is 2.62 bits per heavy atom. The number of amides is 2. The number of fused-ring (bicyclic) bond motifs is 1. The van der Waals surface area contributed by atoms with Crippen molar-refractivity contribution in [2.75, 3.05) is 30.5 Å². The molecule has 1 saturated heterocycles. The molecule has 4 rings (SSSR count). The van der Waals surface area contributed by atoms with E-state index < -0.39 is 0 Å². The summed E-state index contributed by atoms with van der Waals surface area (Å²) in [6.07, 6.45) is 1.38. The number of nitrogens with zero attached hydrogens (tertiary/aromatic N) is 2. The summed E-state index contributed by atoms with van der Waals surface area (Å²) < 4.78 is 15.6. The van der Waals surface area contributed by atoms with Crippen molar-refractivity contribution < 1.29 is 23.6 Å². The topological polar surface area (TPSA) is 106 Å². The molecule has 1 fully saturated rings. The third-order valence-electron chi connectivity index (χ3n) is 5.35. The monoisotopic (exact) mass is 400 g/mol. The van der Waals surface area contributed by atoms with Gasteiger partial charge in [-0.15, -0.1) is 0 Å². The van der Waals surface area contributed by atoms with E-state index in [0.717, 1.165) is 0 Å². The molecule has 29 heavy (non-hydrogen) atoms. The lowest BCUT2D eigenvalue weighted by molar-refractivity contribution is -0.123. The minimum atomic E-state index is -0.315. The van der Waals surface area contributed by atoms with Gasteiger partial charge in [-0.25, -0.2) is 0 Å². The van der Waals surface area contributed by atoms with Gasteiger partial charge in [0.15, 0.2) is 17.3 Å². The number of aromatic nitrogens is 1. The van der Waals surface area contributed by atoms with Crippen LogP contribution in [0.25, 0.3) is 0 Å². The minimum absolute atomic E-state index is 0.0151.